The average Bonchev–Trinajstić information content (AvgIpc) is 2.09. The molecule has 0 aliphatic heterocycles. The van der Waals surface area contributed by atoms with E-state index in [2.05, 4.69) is 10.6 Å². The van der Waals surface area contributed by atoms with Crippen LogP contribution in [-0.4, -0.2) is 20.1 Å². The molecule has 0 unspecified atom stereocenters. The molecular formula is C9H14ClN3. The molecule has 0 aliphatic rings. The fourth-order valence-corrected chi connectivity index (χ4v) is 1.25. The average molecular weight is 200 g/mol. The zero-order chi connectivity index (χ0) is 9.68. The van der Waals surface area contributed by atoms with Crippen molar-refractivity contribution in [3.63, 3.8) is 0 Å². The van der Waals surface area contributed by atoms with Gasteiger partial charge in [0, 0.05) is 18.8 Å². The van der Waals surface area contributed by atoms with E-state index in [1.54, 1.807) is 6.07 Å². The Labute approximate surface area is 83.3 Å². The Morgan fingerprint density at radius 1 is 1.38 bits per heavy atom. The van der Waals surface area contributed by atoms with Gasteiger partial charge in [-0.2, -0.15) is 0 Å². The van der Waals surface area contributed by atoms with Crippen LogP contribution in [0.4, 0.5) is 11.4 Å². The van der Waals surface area contributed by atoms with E-state index in [4.69, 9.17) is 17.3 Å². The van der Waals surface area contributed by atoms with Crippen molar-refractivity contribution in [3.8, 4) is 0 Å². The molecule has 1 aromatic rings. The van der Waals surface area contributed by atoms with E-state index in [0.717, 1.165) is 18.8 Å². The maximum Gasteiger partial charge on any atom is 0.0657 e. The number of anilines is 2. The number of nitrogens with two attached hydrogens (primary N) is 1. The summed E-state index contributed by atoms with van der Waals surface area (Å²) in [7, 11) is 1.91. The number of hydrogen-bond donors (Lipinski definition) is 3. The Morgan fingerprint density at radius 3 is 2.77 bits per heavy atom. The van der Waals surface area contributed by atoms with Gasteiger partial charge in [-0.1, -0.05) is 11.6 Å². The van der Waals surface area contributed by atoms with Gasteiger partial charge in [-0.25, -0.2) is 0 Å². The molecule has 4 heteroatoms. The highest BCUT2D eigenvalue weighted by atomic mass is 35.5. The predicted octanol–water partition coefficient (Wildman–Crippen LogP) is 1.55. The van der Waals surface area contributed by atoms with Crippen molar-refractivity contribution in [1.29, 1.82) is 0 Å². The highest BCUT2D eigenvalue weighted by molar-refractivity contribution is 6.33. The van der Waals surface area contributed by atoms with E-state index in [0.29, 0.717) is 10.7 Å². The fraction of sp³-hybridized carbons (Fsp3) is 0.333. The summed E-state index contributed by atoms with van der Waals surface area (Å²) in [6.07, 6.45) is 0. The van der Waals surface area contributed by atoms with Crippen LogP contribution < -0.4 is 16.4 Å². The van der Waals surface area contributed by atoms with Crippen LogP contribution in [0.5, 0.6) is 0 Å². The first-order chi connectivity index (χ1) is 6.24. The first-order valence-corrected chi connectivity index (χ1v) is 4.55. The monoisotopic (exact) mass is 199 g/mol. The molecule has 3 nitrogen and oxygen atoms in total. The molecule has 4 N–H and O–H groups in total. The van der Waals surface area contributed by atoms with Crippen molar-refractivity contribution in [1.82, 2.24) is 5.32 Å². The molecule has 0 amide bonds. The second-order valence-electron chi connectivity index (χ2n) is 2.77. The van der Waals surface area contributed by atoms with Gasteiger partial charge in [-0.3, -0.25) is 0 Å². The van der Waals surface area contributed by atoms with Gasteiger partial charge in [0.1, 0.15) is 0 Å². The van der Waals surface area contributed by atoms with Crippen LogP contribution in [0, 0.1) is 0 Å². The summed E-state index contributed by atoms with van der Waals surface area (Å²) < 4.78 is 0. The lowest BCUT2D eigenvalue weighted by molar-refractivity contribution is 0.824. The van der Waals surface area contributed by atoms with E-state index in [-0.39, 0.29) is 0 Å². The minimum atomic E-state index is 0.663. The Kier molecular flexibility index (Phi) is 3.86. The standard InChI is InChI=1S/C9H14ClN3/c1-12-4-5-13-9-3-2-7(11)6-8(9)10/h2-3,6,12-13H,4-5,11H2,1H3. The molecule has 1 rings (SSSR count). The second kappa shape index (κ2) is 4.94. The number of halogens is 1. The predicted molar refractivity (Wildman–Crippen MR) is 58.3 cm³/mol. The maximum atomic E-state index is 5.95. The van der Waals surface area contributed by atoms with Gasteiger partial charge < -0.3 is 16.4 Å². The van der Waals surface area contributed by atoms with Crippen LogP contribution in [0.1, 0.15) is 0 Å². The van der Waals surface area contributed by atoms with Crippen molar-refractivity contribution in [3.05, 3.63) is 23.2 Å². The van der Waals surface area contributed by atoms with Crippen LogP contribution in [0.15, 0.2) is 18.2 Å². The lowest BCUT2D eigenvalue weighted by Gasteiger charge is -2.08. The van der Waals surface area contributed by atoms with Crippen molar-refractivity contribution in [2.75, 3.05) is 31.2 Å². The zero-order valence-electron chi connectivity index (χ0n) is 7.60. The first-order valence-electron chi connectivity index (χ1n) is 4.17. The molecule has 0 radical (unpaired) electrons. The third kappa shape index (κ3) is 3.13. The molecule has 0 heterocycles. The molecule has 0 bridgehead atoms. The van der Waals surface area contributed by atoms with Crippen molar-refractivity contribution in [2.45, 2.75) is 0 Å². The van der Waals surface area contributed by atoms with Crippen molar-refractivity contribution in [2.24, 2.45) is 0 Å². The molecule has 1 aromatic carbocycles. The molecular weight excluding hydrogens is 186 g/mol. The Balaban J connectivity index is 2.56. The zero-order valence-corrected chi connectivity index (χ0v) is 8.36. The van der Waals surface area contributed by atoms with Crippen LogP contribution >= 0.6 is 11.6 Å². The highest BCUT2D eigenvalue weighted by Gasteiger charge is 1.98. The minimum Gasteiger partial charge on any atom is -0.399 e. The number of nitrogen functional groups attached to an aromatic ring is 1. The van der Waals surface area contributed by atoms with Gasteiger partial charge in [0.25, 0.3) is 0 Å². The van der Waals surface area contributed by atoms with E-state index in [9.17, 15) is 0 Å². The second-order valence-corrected chi connectivity index (χ2v) is 3.18. The van der Waals surface area contributed by atoms with Crippen LogP contribution in [0.2, 0.25) is 5.02 Å². The lowest BCUT2D eigenvalue weighted by Crippen LogP contribution is -2.17. The number of likely N-dealkylation sites (N-methyl/N-ethyl adjacent to an activating group) is 1. The van der Waals surface area contributed by atoms with Gasteiger partial charge in [0.15, 0.2) is 0 Å². The van der Waals surface area contributed by atoms with Crippen LogP contribution in [0.3, 0.4) is 0 Å². The fourth-order valence-electron chi connectivity index (χ4n) is 0.997. The summed E-state index contributed by atoms with van der Waals surface area (Å²) in [6.45, 7) is 1.75. The summed E-state index contributed by atoms with van der Waals surface area (Å²) >= 11 is 5.95. The Morgan fingerprint density at radius 2 is 2.15 bits per heavy atom. The van der Waals surface area contributed by atoms with E-state index < -0.39 is 0 Å². The van der Waals surface area contributed by atoms with Crippen LogP contribution in [0.25, 0.3) is 0 Å². The minimum absolute atomic E-state index is 0.663. The molecule has 0 saturated heterocycles. The number of benzene rings is 1. The van der Waals surface area contributed by atoms with Gasteiger partial charge >= 0.3 is 0 Å². The topological polar surface area (TPSA) is 50.1 Å². The molecule has 0 fully saturated rings. The summed E-state index contributed by atoms with van der Waals surface area (Å²) in [5, 5.41) is 6.89. The van der Waals surface area contributed by atoms with Crippen molar-refractivity contribution >= 4 is 23.0 Å². The molecule has 0 atom stereocenters. The quantitative estimate of drug-likeness (QED) is 0.510. The lowest BCUT2D eigenvalue weighted by atomic mass is 10.3. The SMILES string of the molecule is CNCCNc1ccc(N)cc1Cl. The smallest absolute Gasteiger partial charge is 0.0657 e. The molecule has 72 valence electrons. The van der Waals surface area contributed by atoms with Crippen molar-refractivity contribution < 1.29 is 0 Å². The largest absolute Gasteiger partial charge is 0.399 e. The van der Waals surface area contributed by atoms with E-state index in [1.807, 2.05) is 19.2 Å². The summed E-state index contributed by atoms with van der Waals surface area (Å²) in [5.41, 5.74) is 7.16. The van der Waals surface area contributed by atoms with E-state index >= 15 is 0 Å². The molecule has 0 saturated carbocycles. The van der Waals surface area contributed by atoms with E-state index in [1.165, 1.54) is 0 Å². The van der Waals surface area contributed by atoms with Gasteiger partial charge in [-0.15, -0.1) is 0 Å². The first kappa shape index (κ1) is 10.2. The molecule has 0 aliphatic carbocycles. The van der Waals surface area contributed by atoms with Gasteiger partial charge in [0.05, 0.1) is 10.7 Å². The summed E-state index contributed by atoms with van der Waals surface area (Å²) in [6, 6.07) is 5.45. The van der Waals surface area contributed by atoms with Gasteiger partial charge in [0.2, 0.25) is 0 Å². The van der Waals surface area contributed by atoms with Crippen LogP contribution in [-0.2, 0) is 0 Å². The number of nitrogens with one attached hydrogen (secondary N) is 2. The molecule has 0 aromatic heterocycles. The molecule has 13 heavy (non-hydrogen) atoms. The maximum absolute atomic E-state index is 5.95. The Hall–Kier alpha value is -0.930. The highest BCUT2D eigenvalue weighted by Crippen LogP contribution is 2.23. The normalized spacial score (nSPS) is 10.0. The third-order valence-corrected chi connectivity index (χ3v) is 2.00. The summed E-state index contributed by atoms with van der Waals surface area (Å²) in [4.78, 5) is 0. The van der Waals surface area contributed by atoms with Gasteiger partial charge in [-0.05, 0) is 25.2 Å². The third-order valence-electron chi connectivity index (χ3n) is 1.68. The Bertz CT molecular complexity index is 276. The summed E-state index contributed by atoms with van der Waals surface area (Å²) in [5.74, 6) is 0. The number of hydrogen-bond acceptors (Lipinski definition) is 3. The number of rotatable bonds is 4. The molecule has 0 spiro atoms.